The molecule has 1 N–H and O–H groups in total. The molecule has 1 aliphatic carbocycles. The Bertz CT molecular complexity index is 621. The largest absolute Gasteiger partial charge is 0.481 e. The molecule has 6 heteroatoms. The van der Waals surface area contributed by atoms with Crippen LogP contribution in [-0.4, -0.2) is 27.0 Å². The third-order valence-corrected chi connectivity index (χ3v) is 4.74. The van der Waals surface area contributed by atoms with Crippen molar-refractivity contribution in [2.24, 2.45) is 0 Å². The molecule has 0 radical (unpaired) electrons. The summed E-state index contributed by atoms with van der Waals surface area (Å²) in [6.45, 7) is 0. The fraction of sp³-hybridized carbons (Fsp3) is 0.400. The predicted octanol–water partition coefficient (Wildman–Crippen LogP) is 3.11. The van der Waals surface area contributed by atoms with Gasteiger partial charge in [-0.25, -0.2) is 0 Å². The Balaban J connectivity index is 1.90. The highest BCUT2D eigenvalue weighted by Crippen LogP contribution is 2.45. The third-order valence-electron chi connectivity index (χ3n) is 3.94. The maximum absolute atomic E-state index is 10.6. The molecule has 2 aromatic rings. The maximum Gasteiger partial charge on any atom is 0.314 e. The molecule has 0 unspecified atom stereocenters. The Labute approximate surface area is 126 Å². The lowest BCUT2D eigenvalue weighted by Crippen LogP contribution is -2.25. The average Bonchev–Trinajstić information content (AvgIpc) is 3.16. The average molecular weight is 304 g/mol. The highest BCUT2D eigenvalue weighted by Gasteiger charge is 2.41. The topological polar surface area (TPSA) is 76.2 Å². The van der Waals surface area contributed by atoms with Gasteiger partial charge < -0.3 is 9.63 Å². The number of aromatic nitrogens is 2. The van der Waals surface area contributed by atoms with Crippen LogP contribution in [0, 0.1) is 0 Å². The van der Waals surface area contributed by atoms with Crippen LogP contribution < -0.4 is 0 Å². The maximum atomic E-state index is 10.6. The number of nitrogens with zero attached hydrogens (tertiary/aromatic N) is 2. The molecule has 0 aliphatic heterocycles. The van der Waals surface area contributed by atoms with E-state index < -0.39 is 5.97 Å². The smallest absolute Gasteiger partial charge is 0.314 e. The minimum absolute atomic E-state index is 0.0695. The summed E-state index contributed by atoms with van der Waals surface area (Å²) in [5, 5.41) is 13.2. The van der Waals surface area contributed by atoms with Crippen molar-refractivity contribution >= 4 is 17.7 Å². The van der Waals surface area contributed by atoms with Crippen molar-refractivity contribution in [2.45, 2.75) is 36.3 Å². The number of rotatable bonds is 5. The number of carboxylic acid groups (broad SMARTS) is 1. The van der Waals surface area contributed by atoms with Crippen LogP contribution in [0.5, 0.6) is 0 Å². The van der Waals surface area contributed by atoms with E-state index in [1.54, 1.807) is 0 Å². The first-order chi connectivity index (χ1) is 10.2. The van der Waals surface area contributed by atoms with Gasteiger partial charge in [0.05, 0.1) is 5.41 Å². The second kappa shape index (κ2) is 5.89. The number of hydrogen-bond acceptors (Lipinski definition) is 5. The SMILES string of the molecule is O=C(O)CSc1nc(C2(c3ccccc3)CCCC2)no1. The van der Waals surface area contributed by atoms with Gasteiger partial charge in [0.2, 0.25) is 0 Å². The summed E-state index contributed by atoms with van der Waals surface area (Å²) in [6, 6.07) is 10.2. The van der Waals surface area contributed by atoms with Crippen LogP contribution >= 0.6 is 11.8 Å². The zero-order valence-corrected chi connectivity index (χ0v) is 12.3. The number of benzene rings is 1. The molecule has 0 bridgehead atoms. The molecule has 0 saturated heterocycles. The minimum atomic E-state index is -0.890. The van der Waals surface area contributed by atoms with Crippen molar-refractivity contribution < 1.29 is 14.4 Å². The Hall–Kier alpha value is -1.82. The van der Waals surface area contributed by atoms with E-state index in [2.05, 4.69) is 22.3 Å². The Morgan fingerprint density at radius 3 is 2.67 bits per heavy atom. The summed E-state index contributed by atoms with van der Waals surface area (Å²) >= 11 is 1.06. The van der Waals surface area contributed by atoms with E-state index in [1.165, 1.54) is 5.56 Å². The zero-order chi connectivity index (χ0) is 14.7. The van der Waals surface area contributed by atoms with Crippen LogP contribution in [0.3, 0.4) is 0 Å². The molecule has 1 saturated carbocycles. The van der Waals surface area contributed by atoms with Gasteiger partial charge in [-0.1, -0.05) is 60.1 Å². The molecular formula is C15H16N2O3S. The third kappa shape index (κ3) is 2.81. The molecule has 3 rings (SSSR count). The van der Waals surface area contributed by atoms with Gasteiger partial charge in [-0.15, -0.1) is 0 Å². The highest BCUT2D eigenvalue weighted by atomic mass is 32.2. The normalized spacial score (nSPS) is 17.0. The number of thioether (sulfide) groups is 1. The van der Waals surface area contributed by atoms with Gasteiger partial charge in [-0.2, -0.15) is 4.98 Å². The molecule has 110 valence electrons. The van der Waals surface area contributed by atoms with E-state index in [-0.39, 0.29) is 11.2 Å². The van der Waals surface area contributed by atoms with E-state index in [0.29, 0.717) is 11.0 Å². The van der Waals surface area contributed by atoms with Crippen LogP contribution in [0.2, 0.25) is 0 Å². The summed E-state index contributed by atoms with van der Waals surface area (Å²) in [4.78, 5) is 15.0. The van der Waals surface area contributed by atoms with Gasteiger partial charge in [0.15, 0.2) is 5.82 Å². The predicted molar refractivity (Wildman–Crippen MR) is 78.3 cm³/mol. The first-order valence-corrected chi connectivity index (χ1v) is 7.93. The Morgan fingerprint density at radius 1 is 1.29 bits per heavy atom. The van der Waals surface area contributed by atoms with Crippen molar-refractivity contribution in [3.8, 4) is 0 Å². The highest BCUT2D eigenvalue weighted by molar-refractivity contribution is 7.99. The van der Waals surface area contributed by atoms with Gasteiger partial charge in [0, 0.05) is 0 Å². The van der Waals surface area contributed by atoms with Crippen LogP contribution in [0.15, 0.2) is 40.1 Å². The quantitative estimate of drug-likeness (QED) is 0.855. The summed E-state index contributed by atoms with van der Waals surface area (Å²) in [5.74, 6) is -0.280. The summed E-state index contributed by atoms with van der Waals surface area (Å²) in [5.41, 5.74) is 1.02. The fourth-order valence-electron chi connectivity index (χ4n) is 2.96. The molecule has 0 atom stereocenters. The van der Waals surface area contributed by atoms with Crippen molar-refractivity contribution in [1.29, 1.82) is 0 Å². The van der Waals surface area contributed by atoms with Gasteiger partial charge >= 0.3 is 5.97 Å². The van der Waals surface area contributed by atoms with Crippen LogP contribution in [0.4, 0.5) is 0 Å². The monoisotopic (exact) mass is 304 g/mol. The van der Waals surface area contributed by atoms with Crippen molar-refractivity contribution in [2.75, 3.05) is 5.75 Å². The Morgan fingerprint density at radius 2 is 2.00 bits per heavy atom. The number of carboxylic acids is 1. The van der Waals surface area contributed by atoms with E-state index >= 15 is 0 Å². The van der Waals surface area contributed by atoms with Crippen LogP contribution in [-0.2, 0) is 10.2 Å². The van der Waals surface area contributed by atoms with E-state index in [1.807, 2.05) is 18.2 Å². The molecule has 21 heavy (non-hydrogen) atoms. The van der Waals surface area contributed by atoms with E-state index in [4.69, 9.17) is 9.63 Å². The van der Waals surface area contributed by atoms with E-state index in [9.17, 15) is 4.79 Å². The molecule has 1 aliphatic rings. The molecule has 0 spiro atoms. The first kappa shape index (κ1) is 14.1. The van der Waals surface area contributed by atoms with Gasteiger partial charge in [0.1, 0.15) is 5.75 Å². The van der Waals surface area contributed by atoms with E-state index in [0.717, 1.165) is 37.4 Å². The summed E-state index contributed by atoms with van der Waals surface area (Å²) in [6.07, 6.45) is 4.28. The van der Waals surface area contributed by atoms with Crippen molar-refractivity contribution in [3.05, 3.63) is 41.7 Å². The van der Waals surface area contributed by atoms with Crippen LogP contribution in [0.1, 0.15) is 37.1 Å². The molecule has 5 nitrogen and oxygen atoms in total. The molecule has 1 heterocycles. The molecular weight excluding hydrogens is 288 g/mol. The van der Waals surface area contributed by atoms with Gasteiger partial charge in [0.25, 0.3) is 5.22 Å². The second-order valence-corrected chi connectivity index (χ2v) is 6.15. The lowest BCUT2D eigenvalue weighted by atomic mass is 9.78. The number of carbonyl (C=O) groups is 1. The summed E-state index contributed by atoms with van der Waals surface area (Å²) in [7, 11) is 0. The van der Waals surface area contributed by atoms with Crippen molar-refractivity contribution in [3.63, 3.8) is 0 Å². The molecule has 1 fully saturated rings. The number of hydrogen-bond donors (Lipinski definition) is 1. The Kier molecular flexibility index (Phi) is 3.96. The zero-order valence-electron chi connectivity index (χ0n) is 11.5. The summed E-state index contributed by atoms with van der Waals surface area (Å²) < 4.78 is 5.21. The standard InChI is InChI=1S/C15H16N2O3S/c18-12(19)10-21-14-16-13(17-20-14)15(8-4-5-9-15)11-6-2-1-3-7-11/h1-3,6-7H,4-5,8-10H2,(H,18,19). The fourth-order valence-corrected chi connectivity index (χ4v) is 3.45. The minimum Gasteiger partial charge on any atom is -0.481 e. The number of aliphatic carboxylic acids is 1. The van der Waals surface area contributed by atoms with Gasteiger partial charge in [-0.3, -0.25) is 4.79 Å². The van der Waals surface area contributed by atoms with Crippen molar-refractivity contribution in [1.82, 2.24) is 10.1 Å². The lowest BCUT2D eigenvalue weighted by Gasteiger charge is -2.25. The lowest BCUT2D eigenvalue weighted by molar-refractivity contribution is -0.133. The molecule has 0 amide bonds. The molecule has 1 aromatic carbocycles. The second-order valence-electron chi connectivity index (χ2n) is 5.22. The van der Waals surface area contributed by atoms with Gasteiger partial charge in [-0.05, 0) is 18.4 Å². The van der Waals surface area contributed by atoms with Crippen LogP contribution in [0.25, 0.3) is 0 Å². The first-order valence-electron chi connectivity index (χ1n) is 6.95. The molecule has 1 aromatic heterocycles.